The minimum Gasteiger partial charge on any atom is -0.466 e. The number of carbonyl (C=O) groups excluding carboxylic acids is 1. The molecule has 0 unspecified atom stereocenters. The molecule has 1 N–H and O–H groups in total. The third-order valence-corrected chi connectivity index (χ3v) is 3.22. The molecule has 100 valence electrons. The highest BCUT2D eigenvalue weighted by Gasteiger charge is 2.10. The summed E-state index contributed by atoms with van der Waals surface area (Å²) in [5.74, 6) is 1.69. The van der Waals surface area contributed by atoms with Crippen molar-refractivity contribution in [1.82, 2.24) is 5.32 Å². The van der Waals surface area contributed by atoms with Crippen LogP contribution >= 0.6 is 0 Å². The fourth-order valence-corrected chi connectivity index (χ4v) is 2.11. The number of hydrogen-bond acceptors (Lipinski definition) is 2. The van der Waals surface area contributed by atoms with Crippen LogP contribution < -0.4 is 5.32 Å². The van der Waals surface area contributed by atoms with Crippen molar-refractivity contribution >= 4 is 5.91 Å². The van der Waals surface area contributed by atoms with E-state index in [1.165, 1.54) is 0 Å². The summed E-state index contributed by atoms with van der Waals surface area (Å²) in [6.07, 6.45) is 0. The molecule has 0 atom stereocenters. The number of furan rings is 1. The van der Waals surface area contributed by atoms with E-state index in [2.05, 4.69) is 5.32 Å². The van der Waals surface area contributed by atoms with Gasteiger partial charge in [0.1, 0.15) is 11.5 Å². The van der Waals surface area contributed by atoms with Crippen molar-refractivity contribution in [2.75, 3.05) is 0 Å². The van der Waals surface area contributed by atoms with Crippen molar-refractivity contribution in [3.05, 3.63) is 58.0 Å². The Morgan fingerprint density at radius 1 is 1.16 bits per heavy atom. The topological polar surface area (TPSA) is 42.2 Å². The van der Waals surface area contributed by atoms with Crippen LogP contribution in [0.4, 0.5) is 0 Å². The Morgan fingerprint density at radius 2 is 1.89 bits per heavy atom. The van der Waals surface area contributed by atoms with Crippen LogP contribution in [0.2, 0.25) is 0 Å². The summed E-state index contributed by atoms with van der Waals surface area (Å²) >= 11 is 0. The average molecular weight is 257 g/mol. The van der Waals surface area contributed by atoms with E-state index in [0.717, 1.165) is 33.8 Å². The Bertz CT molecular complexity index is 611. The molecular weight excluding hydrogens is 238 g/mol. The van der Waals surface area contributed by atoms with Gasteiger partial charge in [-0.15, -0.1) is 0 Å². The molecule has 0 bridgehead atoms. The first-order valence-electron chi connectivity index (χ1n) is 6.38. The second-order valence-electron chi connectivity index (χ2n) is 4.94. The summed E-state index contributed by atoms with van der Waals surface area (Å²) in [7, 11) is 0. The molecule has 1 amide bonds. The Hall–Kier alpha value is -2.03. The molecule has 1 aromatic heterocycles. The van der Waals surface area contributed by atoms with Gasteiger partial charge in [-0.1, -0.05) is 17.7 Å². The van der Waals surface area contributed by atoms with Gasteiger partial charge < -0.3 is 9.73 Å². The molecule has 0 saturated carbocycles. The summed E-state index contributed by atoms with van der Waals surface area (Å²) in [5, 5.41) is 2.94. The van der Waals surface area contributed by atoms with Crippen LogP contribution in [-0.2, 0) is 6.54 Å². The standard InChI is InChI=1S/C16H19NO2/c1-10-5-6-11(2)15(7-10)16(18)17-9-14-8-12(3)19-13(14)4/h5-8H,9H2,1-4H3,(H,17,18). The van der Waals surface area contributed by atoms with E-state index in [-0.39, 0.29) is 5.91 Å². The summed E-state index contributed by atoms with van der Waals surface area (Å²) in [6.45, 7) is 8.24. The van der Waals surface area contributed by atoms with Crippen LogP contribution in [0.15, 0.2) is 28.7 Å². The van der Waals surface area contributed by atoms with Gasteiger partial charge in [0.25, 0.3) is 5.91 Å². The van der Waals surface area contributed by atoms with Crippen LogP contribution in [0, 0.1) is 27.7 Å². The number of hydrogen-bond donors (Lipinski definition) is 1. The van der Waals surface area contributed by atoms with Crippen LogP contribution in [0.3, 0.4) is 0 Å². The lowest BCUT2D eigenvalue weighted by Gasteiger charge is -2.08. The van der Waals surface area contributed by atoms with Gasteiger partial charge in [-0.2, -0.15) is 0 Å². The van der Waals surface area contributed by atoms with Gasteiger partial charge in [-0.3, -0.25) is 4.79 Å². The van der Waals surface area contributed by atoms with Gasteiger partial charge in [-0.05, 0) is 45.4 Å². The molecule has 0 spiro atoms. The van der Waals surface area contributed by atoms with Gasteiger partial charge in [0.2, 0.25) is 0 Å². The van der Waals surface area contributed by atoms with Gasteiger partial charge >= 0.3 is 0 Å². The highest BCUT2D eigenvalue weighted by molar-refractivity contribution is 5.95. The molecule has 0 aliphatic carbocycles. The van der Waals surface area contributed by atoms with Gasteiger partial charge in [0.05, 0.1) is 0 Å². The largest absolute Gasteiger partial charge is 0.466 e. The Morgan fingerprint density at radius 3 is 2.53 bits per heavy atom. The number of nitrogens with one attached hydrogen (secondary N) is 1. The van der Waals surface area contributed by atoms with E-state index in [1.54, 1.807) is 0 Å². The van der Waals surface area contributed by atoms with Crippen molar-refractivity contribution in [2.24, 2.45) is 0 Å². The fraction of sp³-hybridized carbons (Fsp3) is 0.312. The summed E-state index contributed by atoms with van der Waals surface area (Å²) in [6, 6.07) is 7.85. The molecule has 3 heteroatoms. The van der Waals surface area contributed by atoms with Crippen molar-refractivity contribution in [1.29, 1.82) is 0 Å². The molecule has 0 radical (unpaired) electrons. The minimum atomic E-state index is -0.0422. The fourth-order valence-electron chi connectivity index (χ4n) is 2.11. The Kier molecular flexibility index (Phi) is 3.74. The van der Waals surface area contributed by atoms with Gasteiger partial charge in [0.15, 0.2) is 0 Å². The SMILES string of the molecule is Cc1ccc(C)c(C(=O)NCc2cc(C)oc2C)c1. The van der Waals surface area contributed by atoms with Crippen LogP contribution in [0.5, 0.6) is 0 Å². The molecule has 0 aliphatic rings. The number of rotatable bonds is 3. The quantitative estimate of drug-likeness (QED) is 0.915. The molecule has 2 rings (SSSR count). The van der Waals surface area contributed by atoms with Crippen molar-refractivity contribution < 1.29 is 9.21 Å². The molecule has 2 aromatic rings. The van der Waals surface area contributed by atoms with Crippen LogP contribution in [-0.4, -0.2) is 5.91 Å². The smallest absolute Gasteiger partial charge is 0.251 e. The maximum atomic E-state index is 12.2. The third kappa shape index (κ3) is 3.05. The normalized spacial score (nSPS) is 10.5. The van der Waals surface area contributed by atoms with Crippen LogP contribution in [0.25, 0.3) is 0 Å². The number of carbonyl (C=O) groups is 1. The Balaban J connectivity index is 2.09. The van der Waals surface area contributed by atoms with E-state index in [4.69, 9.17) is 4.42 Å². The second-order valence-corrected chi connectivity index (χ2v) is 4.94. The average Bonchev–Trinajstić information content (AvgIpc) is 2.68. The van der Waals surface area contributed by atoms with Crippen LogP contribution in [0.1, 0.15) is 38.6 Å². The predicted octanol–water partition coefficient (Wildman–Crippen LogP) is 3.44. The molecular formula is C16H19NO2. The lowest BCUT2D eigenvalue weighted by Crippen LogP contribution is -2.23. The highest BCUT2D eigenvalue weighted by Crippen LogP contribution is 2.14. The molecule has 0 fully saturated rings. The van der Waals surface area contributed by atoms with Crippen molar-refractivity contribution in [3.63, 3.8) is 0 Å². The second kappa shape index (κ2) is 5.31. The molecule has 1 aromatic carbocycles. The maximum Gasteiger partial charge on any atom is 0.251 e. The van der Waals surface area contributed by atoms with E-state index in [9.17, 15) is 4.79 Å². The summed E-state index contributed by atoms with van der Waals surface area (Å²) < 4.78 is 5.44. The van der Waals surface area contributed by atoms with E-state index < -0.39 is 0 Å². The first-order chi connectivity index (χ1) is 8.97. The lowest BCUT2D eigenvalue weighted by atomic mass is 10.1. The monoisotopic (exact) mass is 257 g/mol. The van der Waals surface area contributed by atoms with Crippen molar-refractivity contribution in [2.45, 2.75) is 34.2 Å². The first kappa shape index (κ1) is 13.4. The molecule has 1 heterocycles. The molecule has 3 nitrogen and oxygen atoms in total. The number of amides is 1. The summed E-state index contributed by atoms with van der Waals surface area (Å²) in [4.78, 5) is 12.2. The molecule has 0 aliphatic heterocycles. The zero-order valence-corrected chi connectivity index (χ0v) is 11.8. The van der Waals surface area contributed by atoms with Gasteiger partial charge in [0, 0.05) is 17.7 Å². The number of benzene rings is 1. The third-order valence-electron chi connectivity index (χ3n) is 3.22. The molecule has 19 heavy (non-hydrogen) atoms. The van der Waals surface area contributed by atoms with E-state index >= 15 is 0 Å². The maximum absolute atomic E-state index is 12.2. The number of aryl methyl sites for hydroxylation is 4. The molecule has 0 saturated heterocycles. The Labute approximate surface area is 113 Å². The summed E-state index contributed by atoms with van der Waals surface area (Å²) in [5.41, 5.74) is 3.84. The lowest BCUT2D eigenvalue weighted by molar-refractivity contribution is 0.0950. The van der Waals surface area contributed by atoms with Crippen molar-refractivity contribution in [3.8, 4) is 0 Å². The zero-order valence-electron chi connectivity index (χ0n) is 11.8. The first-order valence-corrected chi connectivity index (χ1v) is 6.38. The minimum absolute atomic E-state index is 0.0422. The van der Waals surface area contributed by atoms with E-state index in [1.807, 2.05) is 52.0 Å². The van der Waals surface area contributed by atoms with E-state index in [0.29, 0.717) is 6.54 Å². The predicted molar refractivity (Wildman–Crippen MR) is 75.3 cm³/mol. The zero-order chi connectivity index (χ0) is 14.0. The highest BCUT2D eigenvalue weighted by atomic mass is 16.3. The van der Waals surface area contributed by atoms with Gasteiger partial charge in [-0.25, -0.2) is 0 Å².